The summed E-state index contributed by atoms with van der Waals surface area (Å²) in [4.78, 5) is 31.2. The summed E-state index contributed by atoms with van der Waals surface area (Å²) in [6.45, 7) is 2.13. The van der Waals surface area contributed by atoms with Crippen LogP contribution in [0.5, 0.6) is 11.5 Å². The van der Waals surface area contributed by atoms with Crippen LogP contribution < -0.4 is 20.1 Å². The molecular formula is C21H24N4O4S. The van der Waals surface area contributed by atoms with Gasteiger partial charge in [0.1, 0.15) is 5.03 Å². The Kier molecular flexibility index (Phi) is 6.27. The number of thioether (sulfide) groups is 1. The number of piperidine rings is 1. The largest absolute Gasteiger partial charge is 0.454 e. The minimum atomic E-state index is -0.257. The highest BCUT2D eigenvalue weighted by atomic mass is 32.2. The number of nitrogens with zero attached hydrogens (tertiary/aromatic N) is 2. The lowest BCUT2D eigenvalue weighted by molar-refractivity contribution is 0.0686. The smallest absolute Gasteiger partial charge is 0.319 e. The summed E-state index contributed by atoms with van der Waals surface area (Å²) in [5, 5.41) is 6.49. The van der Waals surface area contributed by atoms with Crippen molar-refractivity contribution in [1.29, 1.82) is 0 Å². The zero-order chi connectivity index (χ0) is 20.9. The van der Waals surface area contributed by atoms with Crippen LogP contribution in [0.3, 0.4) is 0 Å². The summed E-state index contributed by atoms with van der Waals surface area (Å²) in [7, 11) is 0. The van der Waals surface area contributed by atoms with E-state index in [4.69, 9.17) is 9.47 Å². The Hall–Kier alpha value is -2.94. The number of hydrogen-bond donors (Lipinski definition) is 2. The SMILES string of the molecule is CSc1ncccc1C(=O)N1CCC(CNC(=O)Nc2ccc3c(c2)OCO3)CC1. The number of benzene rings is 1. The van der Waals surface area contributed by atoms with E-state index >= 15 is 0 Å². The number of amides is 3. The van der Waals surface area contributed by atoms with Gasteiger partial charge in [-0.3, -0.25) is 4.79 Å². The molecule has 9 heteroatoms. The van der Waals surface area contributed by atoms with Gasteiger partial charge in [-0.05, 0) is 49.3 Å². The summed E-state index contributed by atoms with van der Waals surface area (Å²) in [5.41, 5.74) is 1.31. The Morgan fingerprint density at radius 1 is 1.20 bits per heavy atom. The Labute approximate surface area is 179 Å². The number of urea groups is 1. The van der Waals surface area contributed by atoms with Gasteiger partial charge in [0.25, 0.3) is 5.91 Å². The summed E-state index contributed by atoms with van der Waals surface area (Å²) in [6.07, 6.45) is 5.33. The first-order chi connectivity index (χ1) is 14.6. The number of likely N-dealkylation sites (tertiary alicyclic amines) is 1. The van der Waals surface area contributed by atoms with Crippen LogP contribution in [0, 0.1) is 5.92 Å². The van der Waals surface area contributed by atoms with Crippen molar-refractivity contribution in [1.82, 2.24) is 15.2 Å². The maximum Gasteiger partial charge on any atom is 0.319 e. The van der Waals surface area contributed by atoms with Crippen LogP contribution in [0.25, 0.3) is 0 Å². The molecule has 0 saturated carbocycles. The summed E-state index contributed by atoms with van der Waals surface area (Å²) in [5.74, 6) is 1.67. The first-order valence-corrected chi connectivity index (χ1v) is 11.1. The number of anilines is 1. The lowest BCUT2D eigenvalue weighted by Gasteiger charge is -2.32. The quantitative estimate of drug-likeness (QED) is 0.711. The van der Waals surface area contributed by atoms with E-state index in [1.54, 1.807) is 30.5 Å². The van der Waals surface area contributed by atoms with Crippen molar-refractivity contribution in [3.05, 3.63) is 42.1 Å². The predicted molar refractivity (Wildman–Crippen MR) is 114 cm³/mol. The average Bonchev–Trinajstić information content (AvgIpc) is 3.25. The number of fused-ring (bicyclic) bond motifs is 1. The van der Waals surface area contributed by atoms with E-state index in [0.717, 1.165) is 17.9 Å². The Morgan fingerprint density at radius 2 is 2.00 bits per heavy atom. The summed E-state index contributed by atoms with van der Waals surface area (Å²) >= 11 is 1.48. The monoisotopic (exact) mass is 428 g/mol. The van der Waals surface area contributed by atoms with Crippen molar-refractivity contribution < 1.29 is 19.1 Å². The van der Waals surface area contributed by atoms with Crippen LogP contribution in [-0.2, 0) is 0 Å². The van der Waals surface area contributed by atoms with Crippen LogP contribution in [0.4, 0.5) is 10.5 Å². The van der Waals surface area contributed by atoms with Crippen molar-refractivity contribution in [3.8, 4) is 11.5 Å². The van der Waals surface area contributed by atoms with E-state index in [-0.39, 0.29) is 18.7 Å². The van der Waals surface area contributed by atoms with Gasteiger partial charge in [-0.15, -0.1) is 11.8 Å². The number of ether oxygens (including phenoxy) is 2. The highest BCUT2D eigenvalue weighted by molar-refractivity contribution is 7.98. The van der Waals surface area contributed by atoms with E-state index in [2.05, 4.69) is 15.6 Å². The molecule has 30 heavy (non-hydrogen) atoms. The number of carbonyl (C=O) groups excluding carboxylic acids is 2. The fourth-order valence-electron chi connectivity index (χ4n) is 3.61. The molecule has 1 aromatic carbocycles. The van der Waals surface area contributed by atoms with Gasteiger partial charge in [-0.25, -0.2) is 9.78 Å². The fourth-order valence-corrected chi connectivity index (χ4v) is 4.15. The number of pyridine rings is 1. The molecule has 158 valence electrons. The van der Waals surface area contributed by atoms with Crippen LogP contribution in [-0.4, -0.2) is 54.5 Å². The molecule has 0 atom stereocenters. The van der Waals surface area contributed by atoms with Crippen molar-refractivity contribution in [2.24, 2.45) is 5.92 Å². The third-order valence-electron chi connectivity index (χ3n) is 5.28. The topological polar surface area (TPSA) is 92.8 Å². The molecule has 2 aliphatic rings. The standard InChI is InChI=1S/C21H24N4O4S/c1-30-19-16(3-2-8-22-19)20(26)25-9-6-14(7-10-25)12-23-21(27)24-15-4-5-17-18(11-15)29-13-28-17/h2-5,8,11,14H,6-7,9-10,12-13H2,1H3,(H2,23,24,27). The van der Waals surface area contributed by atoms with Crippen LogP contribution in [0.15, 0.2) is 41.6 Å². The molecule has 0 unspecified atom stereocenters. The minimum absolute atomic E-state index is 0.0272. The second-order valence-corrected chi connectivity index (χ2v) is 7.99. The van der Waals surface area contributed by atoms with Crippen LogP contribution in [0.1, 0.15) is 23.2 Å². The van der Waals surface area contributed by atoms with Gasteiger partial charge in [-0.2, -0.15) is 0 Å². The number of nitrogens with one attached hydrogen (secondary N) is 2. The summed E-state index contributed by atoms with van der Waals surface area (Å²) in [6, 6.07) is 8.66. The van der Waals surface area contributed by atoms with Gasteiger partial charge in [0.2, 0.25) is 6.79 Å². The number of rotatable bonds is 5. The van der Waals surface area contributed by atoms with Crippen molar-refractivity contribution in [3.63, 3.8) is 0 Å². The molecule has 8 nitrogen and oxygen atoms in total. The van der Waals surface area contributed by atoms with E-state index in [1.807, 2.05) is 17.2 Å². The molecule has 0 aliphatic carbocycles. The highest BCUT2D eigenvalue weighted by Gasteiger charge is 2.25. The predicted octanol–water partition coefficient (Wildman–Crippen LogP) is 3.21. The van der Waals surface area contributed by atoms with Crippen molar-refractivity contribution in [2.75, 3.05) is 38.0 Å². The second-order valence-electron chi connectivity index (χ2n) is 7.20. The molecule has 4 rings (SSSR count). The van der Waals surface area contributed by atoms with E-state index in [1.165, 1.54) is 11.8 Å². The normalized spacial score (nSPS) is 15.7. The van der Waals surface area contributed by atoms with E-state index in [0.29, 0.717) is 48.3 Å². The molecule has 2 N–H and O–H groups in total. The molecule has 1 aromatic heterocycles. The molecule has 3 amide bonds. The molecule has 1 saturated heterocycles. The molecule has 2 aromatic rings. The maximum absolute atomic E-state index is 12.8. The number of carbonyl (C=O) groups is 2. The van der Waals surface area contributed by atoms with Gasteiger partial charge in [0.05, 0.1) is 5.56 Å². The van der Waals surface area contributed by atoms with Gasteiger partial charge >= 0.3 is 6.03 Å². The average molecular weight is 429 g/mol. The van der Waals surface area contributed by atoms with Crippen LogP contribution in [0.2, 0.25) is 0 Å². The van der Waals surface area contributed by atoms with E-state index in [9.17, 15) is 9.59 Å². The molecule has 0 radical (unpaired) electrons. The lowest BCUT2D eigenvalue weighted by atomic mass is 9.96. The minimum Gasteiger partial charge on any atom is -0.454 e. The lowest BCUT2D eigenvalue weighted by Crippen LogP contribution is -2.42. The molecule has 3 heterocycles. The number of hydrogen-bond acceptors (Lipinski definition) is 6. The zero-order valence-corrected chi connectivity index (χ0v) is 17.5. The zero-order valence-electron chi connectivity index (χ0n) is 16.7. The first kappa shape index (κ1) is 20.3. The highest BCUT2D eigenvalue weighted by Crippen LogP contribution is 2.34. The van der Waals surface area contributed by atoms with Gasteiger partial charge in [0.15, 0.2) is 11.5 Å². The van der Waals surface area contributed by atoms with Gasteiger partial charge in [-0.1, -0.05) is 0 Å². The van der Waals surface area contributed by atoms with Gasteiger partial charge < -0.3 is 25.0 Å². The Balaban J connectivity index is 1.23. The Bertz CT molecular complexity index is 931. The third-order valence-corrected chi connectivity index (χ3v) is 5.99. The third kappa shape index (κ3) is 4.62. The van der Waals surface area contributed by atoms with Gasteiger partial charge in [0, 0.05) is 37.6 Å². The maximum atomic E-state index is 12.8. The number of aromatic nitrogens is 1. The molecule has 0 spiro atoms. The molecule has 1 fully saturated rings. The fraction of sp³-hybridized carbons (Fsp3) is 0.381. The van der Waals surface area contributed by atoms with Crippen molar-refractivity contribution >= 4 is 29.4 Å². The Morgan fingerprint density at radius 3 is 2.80 bits per heavy atom. The van der Waals surface area contributed by atoms with E-state index < -0.39 is 0 Å². The molecule has 0 bridgehead atoms. The first-order valence-electron chi connectivity index (χ1n) is 9.87. The van der Waals surface area contributed by atoms with Crippen LogP contribution >= 0.6 is 11.8 Å². The van der Waals surface area contributed by atoms with Crippen molar-refractivity contribution in [2.45, 2.75) is 17.9 Å². The second kappa shape index (κ2) is 9.25. The molecule has 2 aliphatic heterocycles. The summed E-state index contributed by atoms with van der Waals surface area (Å²) < 4.78 is 10.6. The molecular weight excluding hydrogens is 404 g/mol.